The summed E-state index contributed by atoms with van der Waals surface area (Å²) in [6.07, 6.45) is 3.71. The van der Waals surface area contributed by atoms with Crippen LogP contribution in [0, 0.1) is 0 Å². The van der Waals surface area contributed by atoms with Crippen molar-refractivity contribution in [1.29, 1.82) is 0 Å². The van der Waals surface area contributed by atoms with Gasteiger partial charge in [-0.15, -0.1) is 0 Å². The second-order valence-corrected chi connectivity index (χ2v) is 7.39. The summed E-state index contributed by atoms with van der Waals surface area (Å²) in [5.74, 6) is 0. The fourth-order valence-corrected chi connectivity index (χ4v) is 4.10. The Morgan fingerprint density at radius 2 is 1.39 bits per heavy atom. The number of fused-ring (bicyclic) bond motifs is 3. The molecule has 0 spiro atoms. The SMILES string of the molecule is c1ccc(N(c2ccccc2)c2ccc3c(c2)oc2c(-n4cccn4)cccc23)cc1. The van der Waals surface area contributed by atoms with Crippen molar-refractivity contribution in [2.24, 2.45) is 0 Å². The van der Waals surface area contributed by atoms with E-state index in [0.717, 1.165) is 44.7 Å². The third kappa shape index (κ3) is 2.97. The summed E-state index contributed by atoms with van der Waals surface area (Å²) in [4.78, 5) is 2.24. The van der Waals surface area contributed by atoms with Crippen molar-refractivity contribution in [2.75, 3.05) is 4.90 Å². The maximum Gasteiger partial charge on any atom is 0.161 e. The minimum atomic E-state index is 0.837. The van der Waals surface area contributed by atoms with Gasteiger partial charge in [0.1, 0.15) is 11.3 Å². The van der Waals surface area contributed by atoms with Gasteiger partial charge < -0.3 is 9.32 Å². The van der Waals surface area contributed by atoms with Gasteiger partial charge in [0.2, 0.25) is 0 Å². The molecule has 0 fully saturated rings. The smallest absolute Gasteiger partial charge is 0.161 e. The molecule has 0 amide bonds. The molecule has 6 aromatic rings. The number of benzene rings is 4. The van der Waals surface area contributed by atoms with Crippen LogP contribution in [-0.4, -0.2) is 9.78 Å². The number of nitrogens with zero attached hydrogens (tertiary/aromatic N) is 3. The van der Waals surface area contributed by atoms with E-state index < -0.39 is 0 Å². The first-order chi connectivity index (χ1) is 15.4. The number of rotatable bonds is 4. The van der Waals surface area contributed by atoms with Crippen molar-refractivity contribution in [3.8, 4) is 5.69 Å². The zero-order chi connectivity index (χ0) is 20.6. The number of aromatic nitrogens is 2. The Hall–Kier alpha value is -4.31. The second kappa shape index (κ2) is 7.18. The van der Waals surface area contributed by atoms with E-state index in [1.54, 1.807) is 6.20 Å². The van der Waals surface area contributed by atoms with E-state index in [9.17, 15) is 0 Å². The zero-order valence-corrected chi connectivity index (χ0v) is 16.7. The van der Waals surface area contributed by atoms with E-state index in [4.69, 9.17) is 4.42 Å². The standard InChI is InChI=1S/C27H19N3O/c1-3-9-20(10-4-1)30(21-11-5-2-6-12-21)22-15-16-23-24-13-7-14-25(29-18-8-17-28-29)27(24)31-26(23)19-22/h1-19H. The van der Waals surface area contributed by atoms with E-state index in [-0.39, 0.29) is 0 Å². The van der Waals surface area contributed by atoms with Crippen LogP contribution >= 0.6 is 0 Å². The predicted molar refractivity (Wildman–Crippen MR) is 126 cm³/mol. The molecular weight excluding hydrogens is 382 g/mol. The average molecular weight is 401 g/mol. The van der Waals surface area contributed by atoms with Crippen LogP contribution in [0.5, 0.6) is 0 Å². The van der Waals surface area contributed by atoms with Crippen molar-refractivity contribution in [2.45, 2.75) is 0 Å². The molecule has 0 saturated carbocycles. The molecule has 0 unspecified atom stereocenters. The molecule has 6 rings (SSSR count). The Bertz CT molecular complexity index is 1430. The highest BCUT2D eigenvalue weighted by atomic mass is 16.3. The molecule has 2 aromatic heterocycles. The number of hydrogen-bond donors (Lipinski definition) is 0. The highest BCUT2D eigenvalue weighted by Crippen LogP contribution is 2.39. The van der Waals surface area contributed by atoms with Crippen molar-refractivity contribution < 1.29 is 4.42 Å². The van der Waals surface area contributed by atoms with Gasteiger partial charge in [-0.2, -0.15) is 5.10 Å². The number of anilines is 3. The molecule has 0 saturated heterocycles. The van der Waals surface area contributed by atoms with Gasteiger partial charge in [-0.1, -0.05) is 48.5 Å². The Morgan fingerprint density at radius 3 is 2.06 bits per heavy atom. The van der Waals surface area contributed by atoms with Crippen LogP contribution < -0.4 is 4.90 Å². The number of furan rings is 1. The third-order valence-corrected chi connectivity index (χ3v) is 5.50. The first-order valence-electron chi connectivity index (χ1n) is 10.2. The summed E-state index contributed by atoms with van der Waals surface area (Å²) in [5.41, 5.74) is 5.86. The van der Waals surface area contributed by atoms with Gasteiger partial charge in [-0.25, -0.2) is 4.68 Å². The van der Waals surface area contributed by atoms with Crippen LogP contribution in [0.2, 0.25) is 0 Å². The third-order valence-electron chi connectivity index (χ3n) is 5.50. The van der Waals surface area contributed by atoms with Gasteiger partial charge in [0.05, 0.1) is 0 Å². The Morgan fingerprint density at radius 1 is 0.645 bits per heavy atom. The van der Waals surface area contributed by atoms with Crippen molar-refractivity contribution in [3.05, 3.63) is 116 Å². The van der Waals surface area contributed by atoms with Crippen molar-refractivity contribution in [3.63, 3.8) is 0 Å². The lowest BCUT2D eigenvalue weighted by molar-refractivity contribution is 0.662. The largest absolute Gasteiger partial charge is 0.454 e. The summed E-state index contributed by atoms with van der Waals surface area (Å²) in [6.45, 7) is 0. The molecule has 0 bridgehead atoms. The molecule has 0 aliphatic carbocycles. The van der Waals surface area contributed by atoms with Gasteiger partial charge in [0, 0.05) is 46.3 Å². The van der Waals surface area contributed by atoms with Gasteiger partial charge in [-0.05, 0) is 48.5 Å². The Balaban J connectivity index is 1.56. The zero-order valence-electron chi connectivity index (χ0n) is 16.7. The van der Waals surface area contributed by atoms with Crippen molar-refractivity contribution >= 4 is 39.0 Å². The minimum Gasteiger partial charge on any atom is -0.454 e. The minimum absolute atomic E-state index is 0.837. The molecular formula is C27H19N3O. The fourth-order valence-electron chi connectivity index (χ4n) is 4.10. The monoisotopic (exact) mass is 401 g/mol. The number of para-hydroxylation sites is 3. The molecule has 31 heavy (non-hydrogen) atoms. The summed E-state index contributed by atoms with van der Waals surface area (Å²) < 4.78 is 8.22. The molecule has 0 aliphatic rings. The van der Waals surface area contributed by atoms with Crippen molar-refractivity contribution in [1.82, 2.24) is 9.78 Å². The lowest BCUT2D eigenvalue weighted by atomic mass is 10.1. The van der Waals surface area contributed by atoms with Crippen LogP contribution in [0.15, 0.2) is 120 Å². The Kier molecular flexibility index (Phi) is 4.06. The average Bonchev–Trinajstić information content (AvgIpc) is 3.48. The van der Waals surface area contributed by atoms with Gasteiger partial charge in [-0.3, -0.25) is 0 Å². The maximum atomic E-state index is 6.38. The molecule has 2 heterocycles. The molecule has 0 N–H and O–H groups in total. The molecule has 0 radical (unpaired) electrons. The molecule has 0 atom stereocenters. The highest BCUT2D eigenvalue weighted by Gasteiger charge is 2.16. The first-order valence-corrected chi connectivity index (χ1v) is 10.2. The van der Waals surface area contributed by atoms with Crippen LogP contribution in [0.25, 0.3) is 27.6 Å². The highest BCUT2D eigenvalue weighted by molar-refractivity contribution is 6.08. The van der Waals surface area contributed by atoms with Crippen LogP contribution in [-0.2, 0) is 0 Å². The lowest BCUT2D eigenvalue weighted by Crippen LogP contribution is -2.09. The first kappa shape index (κ1) is 17.5. The van der Waals surface area contributed by atoms with Gasteiger partial charge in [0.25, 0.3) is 0 Å². The summed E-state index contributed by atoms with van der Waals surface area (Å²) in [6, 6.07) is 35.2. The molecule has 148 valence electrons. The molecule has 4 aromatic carbocycles. The molecule has 4 nitrogen and oxygen atoms in total. The maximum absolute atomic E-state index is 6.38. The van der Waals surface area contributed by atoms with Gasteiger partial charge in [0.15, 0.2) is 5.58 Å². The van der Waals surface area contributed by atoms with Crippen LogP contribution in [0.1, 0.15) is 0 Å². The second-order valence-electron chi connectivity index (χ2n) is 7.39. The number of hydrogen-bond acceptors (Lipinski definition) is 3. The normalized spacial score (nSPS) is 11.2. The van der Waals surface area contributed by atoms with Gasteiger partial charge >= 0.3 is 0 Å². The quantitative estimate of drug-likeness (QED) is 0.312. The van der Waals surface area contributed by atoms with E-state index >= 15 is 0 Å². The lowest BCUT2D eigenvalue weighted by Gasteiger charge is -2.25. The summed E-state index contributed by atoms with van der Waals surface area (Å²) >= 11 is 0. The molecule has 4 heteroatoms. The van der Waals surface area contributed by atoms with Crippen LogP contribution in [0.4, 0.5) is 17.1 Å². The Labute approximate surface area is 179 Å². The van der Waals surface area contributed by atoms with E-state index in [2.05, 4.69) is 82.8 Å². The summed E-state index contributed by atoms with van der Waals surface area (Å²) in [7, 11) is 0. The predicted octanol–water partition coefficient (Wildman–Crippen LogP) is 7.24. The van der Waals surface area contributed by atoms with E-state index in [1.807, 2.05) is 41.2 Å². The topological polar surface area (TPSA) is 34.2 Å². The molecule has 0 aliphatic heterocycles. The fraction of sp³-hybridized carbons (Fsp3) is 0. The van der Waals surface area contributed by atoms with E-state index in [1.165, 1.54) is 0 Å². The summed E-state index contributed by atoms with van der Waals surface area (Å²) in [5, 5.41) is 6.56. The van der Waals surface area contributed by atoms with E-state index in [0.29, 0.717) is 0 Å². The van der Waals surface area contributed by atoms with Crippen LogP contribution in [0.3, 0.4) is 0 Å².